The normalized spacial score (nSPS) is 18.9. The fourth-order valence-corrected chi connectivity index (χ4v) is 5.68. The summed E-state index contributed by atoms with van der Waals surface area (Å²) in [7, 11) is 0. The molecule has 3 aromatic rings. The standard InChI is InChI=1S/C30H39FO2/c1-3-4-5-6-7-8-9-10-11-22-13-15-23(16-14-22)24-17-19-25-26-18-12-21(2)28(31)29(26)33-30(32)27(25)20-24/h12,17-20,22-23H,3-11,13-16H2,1-2H3. The van der Waals surface area contributed by atoms with Crippen molar-refractivity contribution in [1.82, 2.24) is 0 Å². The van der Waals surface area contributed by atoms with E-state index in [1.807, 2.05) is 18.2 Å². The Labute approximate surface area is 197 Å². The van der Waals surface area contributed by atoms with Crippen molar-refractivity contribution in [2.75, 3.05) is 0 Å². The molecule has 0 amide bonds. The number of fused-ring (bicyclic) bond motifs is 3. The highest BCUT2D eigenvalue weighted by atomic mass is 19.1. The minimum absolute atomic E-state index is 0.0710. The fraction of sp³-hybridized carbons (Fsp3) is 0.567. The Morgan fingerprint density at radius 2 is 1.52 bits per heavy atom. The third kappa shape index (κ3) is 5.67. The second kappa shape index (κ2) is 11.3. The van der Waals surface area contributed by atoms with Crippen molar-refractivity contribution in [3.05, 3.63) is 57.7 Å². The van der Waals surface area contributed by atoms with Crippen LogP contribution in [0.4, 0.5) is 4.39 Å². The lowest BCUT2D eigenvalue weighted by molar-refractivity contribution is 0.302. The highest BCUT2D eigenvalue weighted by Gasteiger charge is 2.23. The molecule has 0 unspecified atom stereocenters. The number of aryl methyl sites for hydroxylation is 1. The van der Waals surface area contributed by atoms with Crippen molar-refractivity contribution < 1.29 is 8.81 Å². The van der Waals surface area contributed by atoms with Gasteiger partial charge in [-0.25, -0.2) is 9.18 Å². The van der Waals surface area contributed by atoms with Gasteiger partial charge in [-0.2, -0.15) is 0 Å². The zero-order valence-electron chi connectivity index (χ0n) is 20.4. The first-order chi connectivity index (χ1) is 16.1. The van der Waals surface area contributed by atoms with E-state index in [4.69, 9.17) is 4.42 Å². The van der Waals surface area contributed by atoms with Gasteiger partial charge in [-0.05, 0) is 61.6 Å². The monoisotopic (exact) mass is 450 g/mol. The molecule has 1 saturated carbocycles. The van der Waals surface area contributed by atoms with Crippen LogP contribution in [0.5, 0.6) is 0 Å². The fourth-order valence-electron chi connectivity index (χ4n) is 5.68. The molecule has 178 valence electrons. The SMILES string of the molecule is CCCCCCCCCCC1CCC(c2ccc3c(c2)c(=O)oc2c(F)c(C)ccc23)CC1. The van der Waals surface area contributed by atoms with Crippen molar-refractivity contribution in [2.24, 2.45) is 5.92 Å². The van der Waals surface area contributed by atoms with Crippen LogP contribution < -0.4 is 5.63 Å². The van der Waals surface area contributed by atoms with Gasteiger partial charge in [0, 0.05) is 10.8 Å². The van der Waals surface area contributed by atoms with Gasteiger partial charge in [-0.15, -0.1) is 0 Å². The van der Waals surface area contributed by atoms with Gasteiger partial charge in [0.15, 0.2) is 11.4 Å². The molecule has 1 aliphatic rings. The van der Waals surface area contributed by atoms with Gasteiger partial charge >= 0.3 is 5.63 Å². The maximum atomic E-state index is 14.5. The third-order valence-electron chi connectivity index (χ3n) is 7.82. The lowest BCUT2D eigenvalue weighted by Gasteiger charge is -2.29. The number of benzene rings is 2. The molecule has 0 aliphatic heterocycles. The summed E-state index contributed by atoms with van der Waals surface area (Å²) in [5.41, 5.74) is 1.35. The number of halogens is 1. The second-order valence-corrected chi connectivity index (χ2v) is 10.2. The second-order valence-electron chi connectivity index (χ2n) is 10.2. The highest BCUT2D eigenvalue weighted by Crippen LogP contribution is 2.39. The van der Waals surface area contributed by atoms with Gasteiger partial charge in [0.1, 0.15) is 0 Å². The maximum Gasteiger partial charge on any atom is 0.344 e. The van der Waals surface area contributed by atoms with E-state index in [0.717, 1.165) is 11.3 Å². The molecule has 2 aromatic carbocycles. The lowest BCUT2D eigenvalue weighted by atomic mass is 9.76. The van der Waals surface area contributed by atoms with E-state index in [2.05, 4.69) is 13.0 Å². The molecule has 1 aliphatic carbocycles. The van der Waals surface area contributed by atoms with E-state index in [0.29, 0.717) is 22.3 Å². The summed E-state index contributed by atoms with van der Waals surface area (Å²) in [6.45, 7) is 3.96. The lowest BCUT2D eigenvalue weighted by Crippen LogP contribution is -2.14. The Balaban J connectivity index is 1.33. The van der Waals surface area contributed by atoms with Crippen LogP contribution in [0.3, 0.4) is 0 Å². The molecule has 0 N–H and O–H groups in total. The van der Waals surface area contributed by atoms with Crippen LogP contribution in [0.15, 0.2) is 39.5 Å². The molecule has 1 heterocycles. The average molecular weight is 451 g/mol. The predicted molar refractivity (Wildman–Crippen MR) is 137 cm³/mol. The smallest absolute Gasteiger partial charge is 0.344 e. The molecule has 1 aromatic heterocycles. The number of hydrogen-bond donors (Lipinski definition) is 0. The van der Waals surface area contributed by atoms with Gasteiger partial charge in [-0.3, -0.25) is 0 Å². The summed E-state index contributed by atoms with van der Waals surface area (Å²) in [6, 6.07) is 9.74. The van der Waals surface area contributed by atoms with E-state index >= 15 is 0 Å². The Kier molecular flexibility index (Phi) is 8.22. The maximum absolute atomic E-state index is 14.5. The zero-order chi connectivity index (χ0) is 23.2. The molecule has 0 spiro atoms. The summed E-state index contributed by atoms with van der Waals surface area (Å²) < 4.78 is 19.9. The van der Waals surface area contributed by atoms with Gasteiger partial charge in [0.2, 0.25) is 0 Å². The van der Waals surface area contributed by atoms with Crippen molar-refractivity contribution in [2.45, 2.75) is 103 Å². The third-order valence-corrected chi connectivity index (χ3v) is 7.82. The molecule has 3 heteroatoms. The number of rotatable bonds is 10. The average Bonchev–Trinajstić information content (AvgIpc) is 2.84. The quantitative estimate of drug-likeness (QED) is 0.175. The minimum atomic E-state index is -0.439. The van der Waals surface area contributed by atoms with Crippen molar-refractivity contribution in [3.63, 3.8) is 0 Å². The van der Waals surface area contributed by atoms with Crippen LogP contribution in [-0.4, -0.2) is 0 Å². The largest absolute Gasteiger partial charge is 0.419 e. The molecule has 0 radical (unpaired) electrons. The molecule has 4 rings (SSSR count). The van der Waals surface area contributed by atoms with Crippen LogP contribution >= 0.6 is 0 Å². The number of hydrogen-bond acceptors (Lipinski definition) is 2. The summed E-state index contributed by atoms with van der Waals surface area (Å²) in [4.78, 5) is 12.7. The molecule has 1 fully saturated rings. The molecule has 2 nitrogen and oxygen atoms in total. The first kappa shape index (κ1) is 24.0. The molecular formula is C30H39FO2. The van der Waals surface area contributed by atoms with Crippen molar-refractivity contribution in [3.8, 4) is 0 Å². The molecule has 33 heavy (non-hydrogen) atoms. The first-order valence-electron chi connectivity index (χ1n) is 13.2. The van der Waals surface area contributed by atoms with Crippen LogP contribution in [0, 0.1) is 18.7 Å². The molecule has 0 atom stereocenters. The Bertz CT molecular complexity index is 1120. The van der Waals surface area contributed by atoms with Crippen LogP contribution in [0.2, 0.25) is 0 Å². The molecular weight excluding hydrogens is 411 g/mol. The van der Waals surface area contributed by atoms with E-state index < -0.39 is 11.4 Å². The van der Waals surface area contributed by atoms with Gasteiger partial charge < -0.3 is 4.42 Å². The van der Waals surface area contributed by atoms with E-state index in [-0.39, 0.29) is 5.58 Å². The Morgan fingerprint density at radius 1 is 0.848 bits per heavy atom. The minimum Gasteiger partial charge on any atom is -0.419 e. The topological polar surface area (TPSA) is 30.2 Å². The summed E-state index contributed by atoms with van der Waals surface area (Å²) in [5, 5.41) is 2.03. The Hall–Kier alpha value is -2.16. The van der Waals surface area contributed by atoms with E-state index in [1.165, 1.54) is 89.0 Å². The molecule has 0 saturated heterocycles. The van der Waals surface area contributed by atoms with Crippen LogP contribution in [-0.2, 0) is 0 Å². The molecule has 0 bridgehead atoms. The predicted octanol–water partition coefficient (Wildman–Crippen LogP) is 9.20. The van der Waals surface area contributed by atoms with Gasteiger partial charge in [0.25, 0.3) is 0 Å². The van der Waals surface area contributed by atoms with Crippen molar-refractivity contribution >= 4 is 21.7 Å². The summed E-state index contributed by atoms with van der Waals surface area (Å²) in [6.07, 6.45) is 17.4. The highest BCUT2D eigenvalue weighted by molar-refractivity contribution is 6.04. The van der Waals surface area contributed by atoms with Gasteiger partial charge in [0.05, 0.1) is 5.39 Å². The van der Waals surface area contributed by atoms with Crippen LogP contribution in [0.25, 0.3) is 21.7 Å². The summed E-state index contributed by atoms with van der Waals surface area (Å²) in [5.74, 6) is 0.932. The first-order valence-corrected chi connectivity index (χ1v) is 13.2. The van der Waals surface area contributed by atoms with Crippen molar-refractivity contribution in [1.29, 1.82) is 0 Å². The number of unbranched alkanes of at least 4 members (excludes halogenated alkanes) is 7. The Morgan fingerprint density at radius 3 is 2.24 bits per heavy atom. The summed E-state index contributed by atoms with van der Waals surface area (Å²) >= 11 is 0. The van der Waals surface area contributed by atoms with E-state index in [9.17, 15) is 9.18 Å². The van der Waals surface area contributed by atoms with Gasteiger partial charge in [-0.1, -0.05) is 89.0 Å². The van der Waals surface area contributed by atoms with E-state index in [1.54, 1.807) is 13.0 Å². The zero-order valence-corrected chi connectivity index (χ0v) is 20.4. The van der Waals surface area contributed by atoms with Crippen LogP contribution in [0.1, 0.15) is 107 Å².